The molecule has 3 aromatic heterocycles. The van der Waals surface area contributed by atoms with Gasteiger partial charge in [-0.2, -0.15) is 0 Å². The van der Waals surface area contributed by atoms with E-state index in [1.54, 1.807) is 12.5 Å². The normalized spacial score (nSPS) is 12.2. The number of aromatic nitrogens is 3. The number of phenolic OH excluding ortho intramolecular Hbond substituents is 1. The Morgan fingerprint density at radius 2 is 1.85 bits per heavy atom. The van der Waals surface area contributed by atoms with Crippen LogP contribution in [0.1, 0.15) is 28.8 Å². The number of rotatable bonds is 4. The third-order valence-electron chi connectivity index (χ3n) is 4.17. The lowest BCUT2D eigenvalue weighted by molar-refractivity contribution is 0.458. The van der Waals surface area contributed by atoms with Gasteiger partial charge >= 0.3 is 0 Å². The molecule has 4 aromatic rings. The molecule has 1 aromatic carbocycles. The molecule has 0 amide bonds. The van der Waals surface area contributed by atoms with Crippen LogP contribution in [-0.4, -0.2) is 20.1 Å². The van der Waals surface area contributed by atoms with Crippen molar-refractivity contribution in [1.82, 2.24) is 15.0 Å². The molecule has 0 radical (unpaired) electrons. The van der Waals surface area contributed by atoms with Gasteiger partial charge in [0.25, 0.3) is 0 Å². The monoisotopic (exact) mass is 346 g/mol. The summed E-state index contributed by atoms with van der Waals surface area (Å²) in [4.78, 5) is 13.2. The summed E-state index contributed by atoms with van der Waals surface area (Å²) in [7, 11) is 0. The highest BCUT2D eigenvalue weighted by atomic mass is 16.3. The molecule has 0 aliphatic rings. The number of hydrogen-bond donors (Lipinski definition) is 2. The van der Waals surface area contributed by atoms with Gasteiger partial charge in [-0.3, -0.25) is 4.98 Å². The first-order chi connectivity index (χ1) is 12.6. The van der Waals surface area contributed by atoms with E-state index < -0.39 is 6.04 Å². The molecule has 2 N–H and O–H groups in total. The quantitative estimate of drug-likeness (QED) is 0.578. The Balaban J connectivity index is 1.83. The van der Waals surface area contributed by atoms with E-state index in [9.17, 15) is 5.11 Å². The summed E-state index contributed by atoms with van der Waals surface area (Å²) in [5.74, 6) is 1.24. The van der Waals surface area contributed by atoms with E-state index in [4.69, 9.17) is 4.42 Å². The summed E-state index contributed by atoms with van der Waals surface area (Å²) in [6, 6.07) is 12.7. The molecule has 6 nitrogen and oxygen atoms in total. The van der Waals surface area contributed by atoms with Crippen LogP contribution in [0.2, 0.25) is 0 Å². The Kier molecular flexibility index (Phi) is 4.01. The number of fused-ring (bicyclic) bond motifs is 1. The largest absolute Gasteiger partial charge is 0.505 e. The lowest BCUT2D eigenvalue weighted by Gasteiger charge is -2.19. The molecule has 0 aliphatic heterocycles. The topological polar surface area (TPSA) is 84.1 Å². The van der Waals surface area contributed by atoms with Crippen molar-refractivity contribution < 1.29 is 9.52 Å². The molecule has 0 aliphatic carbocycles. The Bertz CT molecular complexity index is 1040. The Morgan fingerprint density at radius 1 is 1.04 bits per heavy atom. The fourth-order valence-electron chi connectivity index (χ4n) is 3.06. The number of furan rings is 1. The zero-order valence-corrected chi connectivity index (χ0v) is 14.5. The second kappa shape index (κ2) is 6.48. The second-order valence-electron chi connectivity index (χ2n) is 6.15. The maximum Gasteiger partial charge on any atom is 0.223 e. The number of hydrogen-bond acceptors (Lipinski definition) is 6. The van der Waals surface area contributed by atoms with Crippen molar-refractivity contribution in [1.29, 1.82) is 0 Å². The molecule has 130 valence electrons. The van der Waals surface area contributed by atoms with E-state index in [0.29, 0.717) is 22.8 Å². The van der Waals surface area contributed by atoms with E-state index in [2.05, 4.69) is 20.3 Å². The average molecular weight is 346 g/mol. The minimum Gasteiger partial charge on any atom is -0.505 e. The van der Waals surface area contributed by atoms with E-state index in [1.165, 1.54) is 0 Å². The van der Waals surface area contributed by atoms with Crippen LogP contribution in [0.3, 0.4) is 0 Å². The Labute approximate surface area is 150 Å². The Hall–Kier alpha value is -3.41. The van der Waals surface area contributed by atoms with Crippen LogP contribution in [0, 0.1) is 13.8 Å². The molecule has 3 heterocycles. The molecule has 0 fully saturated rings. The van der Waals surface area contributed by atoms with Crippen LogP contribution in [-0.2, 0) is 0 Å². The molecular weight excluding hydrogens is 328 g/mol. The van der Waals surface area contributed by atoms with E-state index in [1.807, 2.05) is 56.3 Å². The van der Waals surface area contributed by atoms with Crippen molar-refractivity contribution in [3.63, 3.8) is 0 Å². The van der Waals surface area contributed by atoms with Crippen molar-refractivity contribution in [2.45, 2.75) is 19.9 Å². The van der Waals surface area contributed by atoms with Gasteiger partial charge in [-0.05, 0) is 38.1 Å². The van der Waals surface area contributed by atoms with Crippen molar-refractivity contribution >= 4 is 16.9 Å². The predicted octanol–water partition coefficient (Wildman–Crippen LogP) is 4.14. The first-order valence-corrected chi connectivity index (χ1v) is 8.30. The van der Waals surface area contributed by atoms with E-state index >= 15 is 0 Å². The summed E-state index contributed by atoms with van der Waals surface area (Å²) in [5, 5.41) is 15.0. The van der Waals surface area contributed by atoms with Crippen molar-refractivity contribution in [3.8, 4) is 5.75 Å². The number of aromatic hydroxyl groups is 1. The first kappa shape index (κ1) is 16.1. The molecule has 6 heteroatoms. The van der Waals surface area contributed by atoms with E-state index in [-0.39, 0.29) is 5.75 Å². The maximum absolute atomic E-state index is 10.8. The minimum absolute atomic E-state index is 0.112. The van der Waals surface area contributed by atoms with Crippen LogP contribution in [0.5, 0.6) is 5.75 Å². The van der Waals surface area contributed by atoms with Crippen LogP contribution in [0.25, 0.3) is 10.9 Å². The highest BCUT2D eigenvalue weighted by molar-refractivity contribution is 5.85. The number of benzene rings is 1. The van der Waals surface area contributed by atoms with Gasteiger partial charge in [0.05, 0.1) is 6.26 Å². The van der Waals surface area contributed by atoms with E-state index in [0.717, 1.165) is 16.8 Å². The summed E-state index contributed by atoms with van der Waals surface area (Å²) in [5.41, 5.74) is 2.92. The highest BCUT2D eigenvalue weighted by Crippen LogP contribution is 2.36. The maximum atomic E-state index is 10.8. The molecular formula is C20H18N4O2. The molecule has 4 rings (SSSR count). The summed E-state index contributed by atoms with van der Waals surface area (Å²) >= 11 is 0. The summed E-state index contributed by atoms with van der Waals surface area (Å²) in [6.45, 7) is 3.83. The van der Waals surface area contributed by atoms with Gasteiger partial charge in [-0.15, -0.1) is 0 Å². The van der Waals surface area contributed by atoms with Crippen LogP contribution in [0.15, 0.2) is 59.3 Å². The van der Waals surface area contributed by atoms with Gasteiger partial charge in [0, 0.05) is 28.5 Å². The number of nitrogens with zero attached hydrogens (tertiary/aromatic N) is 3. The molecule has 0 saturated carbocycles. The lowest BCUT2D eigenvalue weighted by atomic mass is 10.0. The van der Waals surface area contributed by atoms with Gasteiger partial charge in [-0.1, -0.05) is 18.2 Å². The first-order valence-electron chi connectivity index (χ1n) is 8.30. The van der Waals surface area contributed by atoms with Gasteiger partial charge < -0.3 is 14.8 Å². The van der Waals surface area contributed by atoms with Crippen molar-refractivity contribution in [2.24, 2.45) is 0 Å². The number of aryl methyl sites for hydroxylation is 2. The molecule has 1 unspecified atom stereocenters. The van der Waals surface area contributed by atoms with Gasteiger partial charge in [-0.25, -0.2) is 9.97 Å². The minimum atomic E-state index is -0.447. The van der Waals surface area contributed by atoms with Crippen molar-refractivity contribution in [2.75, 3.05) is 5.32 Å². The van der Waals surface area contributed by atoms with Gasteiger partial charge in [0.2, 0.25) is 5.95 Å². The predicted molar refractivity (Wildman–Crippen MR) is 99.1 cm³/mol. The third-order valence-corrected chi connectivity index (χ3v) is 4.17. The highest BCUT2D eigenvalue weighted by Gasteiger charge is 2.23. The zero-order valence-electron chi connectivity index (χ0n) is 14.5. The molecule has 1 atom stereocenters. The number of anilines is 1. The average Bonchev–Trinajstić information content (AvgIpc) is 3.14. The molecule has 26 heavy (non-hydrogen) atoms. The number of phenols is 1. The fraction of sp³-hybridized carbons (Fsp3) is 0.150. The Morgan fingerprint density at radius 3 is 2.58 bits per heavy atom. The standard InChI is InChI=1S/C20H18N4O2/c1-12-11-13(2)23-20(22-12)24-18(16-6-4-10-26-16)15-8-7-14-5-3-9-21-17(14)19(15)25/h3-11,18,25H,1-2H3,(H,22,23,24). The summed E-state index contributed by atoms with van der Waals surface area (Å²) in [6.07, 6.45) is 3.26. The zero-order chi connectivity index (χ0) is 18.1. The van der Waals surface area contributed by atoms with Crippen LogP contribution < -0.4 is 5.32 Å². The number of pyridine rings is 1. The van der Waals surface area contributed by atoms with Gasteiger partial charge in [0.15, 0.2) is 0 Å². The van der Waals surface area contributed by atoms with Crippen molar-refractivity contribution in [3.05, 3.63) is 77.6 Å². The fourth-order valence-corrected chi connectivity index (χ4v) is 3.06. The molecule has 0 spiro atoms. The second-order valence-corrected chi connectivity index (χ2v) is 6.15. The molecule has 0 saturated heterocycles. The number of nitrogens with one attached hydrogen (secondary N) is 1. The third kappa shape index (κ3) is 2.97. The summed E-state index contributed by atoms with van der Waals surface area (Å²) < 4.78 is 5.60. The molecule has 0 bridgehead atoms. The SMILES string of the molecule is Cc1cc(C)nc(NC(c2ccco2)c2ccc3cccnc3c2O)n1. The lowest BCUT2D eigenvalue weighted by Crippen LogP contribution is -2.15. The van der Waals surface area contributed by atoms with Crippen LogP contribution in [0.4, 0.5) is 5.95 Å². The van der Waals surface area contributed by atoms with Crippen LogP contribution >= 0.6 is 0 Å². The smallest absolute Gasteiger partial charge is 0.223 e. The van der Waals surface area contributed by atoms with Gasteiger partial charge in [0.1, 0.15) is 23.1 Å².